The Labute approximate surface area is 155 Å². The molecular formula is C21H28N4O. The molecule has 0 aliphatic carbocycles. The first-order valence-corrected chi connectivity index (χ1v) is 9.45. The number of nitrogens with zero attached hydrogens (tertiary/aromatic N) is 3. The molecule has 1 aromatic carbocycles. The zero-order valence-corrected chi connectivity index (χ0v) is 16.1. The third-order valence-electron chi connectivity index (χ3n) is 4.85. The summed E-state index contributed by atoms with van der Waals surface area (Å²) in [5.41, 5.74) is 3.45. The second kappa shape index (κ2) is 7.85. The van der Waals surface area contributed by atoms with Gasteiger partial charge in [0.25, 0.3) is 5.91 Å². The second-order valence-electron chi connectivity index (χ2n) is 7.58. The SMILES string of the molecule is Cc1cc(C(=O)N2CCCC(C)C2)nc(Nc2ccccc2C(C)C)n1. The van der Waals surface area contributed by atoms with Gasteiger partial charge in [-0.3, -0.25) is 4.79 Å². The minimum atomic E-state index is 0.00208. The lowest BCUT2D eigenvalue weighted by Crippen LogP contribution is -2.39. The number of carbonyl (C=O) groups excluding carboxylic acids is 1. The van der Waals surface area contributed by atoms with E-state index < -0.39 is 0 Å². The van der Waals surface area contributed by atoms with Gasteiger partial charge in [0.05, 0.1) is 0 Å². The van der Waals surface area contributed by atoms with Gasteiger partial charge in [-0.25, -0.2) is 9.97 Å². The topological polar surface area (TPSA) is 58.1 Å². The molecular weight excluding hydrogens is 324 g/mol. The molecule has 1 amide bonds. The minimum Gasteiger partial charge on any atom is -0.337 e. The summed E-state index contributed by atoms with van der Waals surface area (Å²) in [5.74, 6) is 1.42. The normalized spacial score (nSPS) is 17.4. The van der Waals surface area contributed by atoms with Crippen LogP contribution >= 0.6 is 0 Å². The van der Waals surface area contributed by atoms with Gasteiger partial charge < -0.3 is 10.2 Å². The van der Waals surface area contributed by atoms with Crippen molar-refractivity contribution in [3.63, 3.8) is 0 Å². The summed E-state index contributed by atoms with van der Waals surface area (Å²) >= 11 is 0. The highest BCUT2D eigenvalue weighted by Crippen LogP contribution is 2.26. The molecule has 1 aliphatic heterocycles. The summed E-state index contributed by atoms with van der Waals surface area (Å²) in [4.78, 5) is 23.8. The molecule has 138 valence electrons. The van der Waals surface area contributed by atoms with Gasteiger partial charge >= 0.3 is 0 Å². The molecule has 1 unspecified atom stereocenters. The Kier molecular flexibility index (Phi) is 5.55. The summed E-state index contributed by atoms with van der Waals surface area (Å²) in [7, 11) is 0. The zero-order chi connectivity index (χ0) is 18.7. The number of carbonyl (C=O) groups is 1. The number of likely N-dealkylation sites (tertiary alicyclic amines) is 1. The zero-order valence-electron chi connectivity index (χ0n) is 16.1. The van der Waals surface area contributed by atoms with Crippen LogP contribution in [0.5, 0.6) is 0 Å². The number of anilines is 2. The van der Waals surface area contributed by atoms with Gasteiger partial charge in [-0.05, 0) is 49.3 Å². The first-order chi connectivity index (χ1) is 12.4. The first-order valence-electron chi connectivity index (χ1n) is 9.45. The van der Waals surface area contributed by atoms with Crippen LogP contribution in [0.3, 0.4) is 0 Å². The Morgan fingerprint density at radius 1 is 1.27 bits per heavy atom. The Morgan fingerprint density at radius 2 is 2.04 bits per heavy atom. The molecule has 1 aliphatic rings. The molecule has 1 aromatic heterocycles. The van der Waals surface area contributed by atoms with Gasteiger partial charge in [-0.1, -0.05) is 39.0 Å². The Balaban J connectivity index is 1.85. The molecule has 2 heterocycles. The van der Waals surface area contributed by atoms with Crippen LogP contribution in [0.2, 0.25) is 0 Å². The largest absolute Gasteiger partial charge is 0.337 e. The van der Waals surface area contributed by atoms with E-state index in [1.54, 1.807) is 6.07 Å². The molecule has 1 saturated heterocycles. The summed E-state index contributed by atoms with van der Waals surface area (Å²) < 4.78 is 0. The van der Waals surface area contributed by atoms with Crippen molar-refractivity contribution in [3.8, 4) is 0 Å². The smallest absolute Gasteiger partial charge is 0.272 e. The molecule has 2 aromatic rings. The van der Waals surface area contributed by atoms with Crippen molar-refractivity contribution in [2.24, 2.45) is 5.92 Å². The minimum absolute atomic E-state index is 0.00208. The van der Waals surface area contributed by atoms with E-state index in [-0.39, 0.29) is 5.91 Å². The van der Waals surface area contributed by atoms with E-state index in [0.717, 1.165) is 30.9 Å². The Hall–Kier alpha value is -2.43. The van der Waals surface area contributed by atoms with Gasteiger partial charge in [0.2, 0.25) is 5.95 Å². The lowest BCUT2D eigenvalue weighted by molar-refractivity contribution is 0.0677. The van der Waals surface area contributed by atoms with E-state index in [9.17, 15) is 4.79 Å². The van der Waals surface area contributed by atoms with Crippen molar-refractivity contribution >= 4 is 17.5 Å². The summed E-state index contributed by atoms with van der Waals surface area (Å²) in [6.07, 6.45) is 2.25. The van der Waals surface area contributed by atoms with E-state index in [2.05, 4.69) is 42.1 Å². The van der Waals surface area contributed by atoms with E-state index in [4.69, 9.17) is 0 Å². The quantitative estimate of drug-likeness (QED) is 0.878. The maximum Gasteiger partial charge on any atom is 0.272 e. The van der Waals surface area contributed by atoms with Gasteiger partial charge in [-0.2, -0.15) is 0 Å². The number of hydrogen-bond acceptors (Lipinski definition) is 4. The number of amides is 1. The third kappa shape index (κ3) is 4.21. The van der Waals surface area contributed by atoms with Crippen LogP contribution in [0.15, 0.2) is 30.3 Å². The van der Waals surface area contributed by atoms with Crippen molar-refractivity contribution in [2.45, 2.75) is 46.5 Å². The summed E-state index contributed by atoms with van der Waals surface area (Å²) in [6.45, 7) is 10.0. The molecule has 0 saturated carbocycles. The Morgan fingerprint density at radius 3 is 2.77 bits per heavy atom. The third-order valence-corrected chi connectivity index (χ3v) is 4.85. The van der Waals surface area contributed by atoms with Crippen LogP contribution in [-0.2, 0) is 0 Å². The van der Waals surface area contributed by atoms with Crippen LogP contribution in [0.1, 0.15) is 61.3 Å². The number of nitrogens with one attached hydrogen (secondary N) is 1. The fourth-order valence-electron chi connectivity index (χ4n) is 3.50. The molecule has 1 fully saturated rings. The lowest BCUT2D eigenvalue weighted by atomic mass is 10.00. The standard InChI is InChI=1S/C21H28N4O/c1-14(2)17-9-5-6-10-18(17)23-21-22-16(4)12-19(24-21)20(26)25-11-7-8-15(3)13-25/h5-6,9-10,12,14-15H,7-8,11,13H2,1-4H3,(H,22,23,24). The highest BCUT2D eigenvalue weighted by molar-refractivity contribution is 5.92. The number of benzene rings is 1. The van der Waals surface area contributed by atoms with Gasteiger partial charge in [0.15, 0.2) is 0 Å². The molecule has 0 spiro atoms. The average Bonchev–Trinajstić information content (AvgIpc) is 2.61. The highest BCUT2D eigenvalue weighted by atomic mass is 16.2. The maximum absolute atomic E-state index is 12.9. The molecule has 0 bridgehead atoms. The number of piperidine rings is 1. The first kappa shape index (κ1) is 18.4. The van der Waals surface area contributed by atoms with Crippen LogP contribution in [0, 0.1) is 12.8 Å². The molecule has 26 heavy (non-hydrogen) atoms. The van der Waals surface area contributed by atoms with Crippen LogP contribution < -0.4 is 5.32 Å². The van der Waals surface area contributed by atoms with Gasteiger partial charge in [-0.15, -0.1) is 0 Å². The second-order valence-corrected chi connectivity index (χ2v) is 7.58. The van der Waals surface area contributed by atoms with E-state index >= 15 is 0 Å². The lowest BCUT2D eigenvalue weighted by Gasteiger charge is -2.30. The van der Waals surface area contributed by atoms with Gasteiger partial charge in [0.1, 0.15) is 5.69 Å². The number of para-hydroxylation sites is 1. The summed E-state index contributed by atoms with van der Waals surface area (Å²) in [5, 5.41) is 3.31. The number of hydrogen-bond donors (Lipinski definition) is 1. The molecule has 1 N–H and O–H groups in total. The number of rotatable bonds is 4. The van der Waals surface area contributed by atoms with Crippen molar-refractivity contribution in [1.82, 2.24) is 14.9 Å². The van der Waals surface area contributed by atoms with Crippen molar-refractivity contribution < 1.29 is 4.79 Å². The number of aromatic nitrogens is 2. The van der Waals surface area contributed by atoms with Crippen molar-refractivity contribution in [3.05, 3.63) is 47.3 Å². The fraction of sp³-hybridized carbons (Fsp3) is 0.476. The molecule has 5 nitrogen and oxygen atoms in total. The molecule has 5 heteroatoms. The Bertz CT molecular complexity index is 787. The monoisotopic (exact) mass is 352 g/mol. The van der Waals surface area contributed by atoms with E-state index in [0.29, 0.717) is 23.5 Å². The van der Waals surface area contributed by atoms with Crippen molar-refractivity contribution in [2.75, 3.05) is 18.4 Å². The molecule has 0 radical (unpaired) electrons. The predicted octanol–water partition coefficient (Wildman–Crippen LogP) is 4.52. The van der Waals surface area contributed by atoms with Crippen LogP contribution in [0.4, 0.5) is 11.6 Å². The summed E-state index contributed by atoms with van der Waals surface area (Å²) in [6, 6.07) is 9.93. The molecule has 3 rings (SSSR count). The predicted molar refractivity (Wildman–Crippen MR) is 105 cm³/mol. The van der Waals surface area contributed by atoms with E-state index in [1.165, 1.54) is 12.0 Å². The molecule has 1 atom stereocenters. The van der Waals surface area contributed by atoms with E-state index in [1.807, 2.05) is 30.0 Å². The van der Waals surface area contributed by atoms with Crippen molar-refractivity contribution in [1.29, 1.82) is 0 Å². The van der Waals surface area contributed by atoms with Crippen LogP contribution in [0.25, 0.3) is 0 Å². The van der Waals surface area contributed by atoms with Crippen LogP contribution in [-0.4, -0.2) is 33.9 Å². The fourth-order valence-corrected chi connectivity index (χ4v) is 3.50. The average molecular weight is 352 g/mol. The van der Waals surface area contributed by atoms with Gasteiger partial charge in [0, 0.05) is 24.5 Å². The number of aryl methyl sites for hydroxylation is 1. The maximum atomic E-state index is 12.9. The highest BCUT2D eigenvalue weighted by Gasteiger charge is 2.23.